The van der Waals surface area contributed by atoms with Gasteiger partial charge >= 0.3 is 0 Å². The van der Waals surface area contributed by atoms with Gasteiger partial charge < -0.3 is 9.47 Å². The molecule has 0 radical (unpaired) electrons. The zero-order valence-electron chi connectivity index (χ0n) is 10.1. The van der Waals surface area contributed by atoms with Gasteiger partial charge in [0, 0.05) is 11.8 Å². The number of rotatable bonds is 1. The zero-order chi connectivity index (χ0) is 10.7. The van der Waals surface area contributed by atoms with Crippen molar-refractivity contribution in [3.8, 4) is 0 Å². The molecule has 0 aromatic rings. The van der Waals surface area contributed by atoms with Crippen LogP contribution >= 0.6 is 0 Å². The average molecular weight is 200 g/mol. The van der Waals surface area contributed by atoms with Crippen LogP contribution in [0.15, 0.2) is 0 Å². The third kappa shape index (κ3) is 2.12. The van der Waals surface area contributed by atoms with Gasteiger partial charge in [-0.1, -0.05) is 34.6 Å². The van der Waals surface area contributed by atoms with E-state index in [4.69, 9.17) is 9.47 Å². The third-order valence-electron chi connectivity index (χ3n) is 3.20. The summed E-state index contributed by atoms with van der Waals surface area (Å²) in [6, 6.07) is 0. The second kappa shape index (κ2) is 5.13. The summed E-state index contributed by atoms with van der Waals surface area (Å²) in [5.74, 6) is 1.91. The van der Waals surface area contributed by atoms with Crippen molar-refractivity contribution < 1.29 is 9.47 Å². The summed E-state index contributed by atoms with van der Waals surface area (Å²) < 4.78 is 11.5. The van der Waals surface area contributed by atoms with E-state index in [1.54, 1.807) is 0 Å². The molecule has 2 rings (SSSR count). The molecule has 2 aliphatic rings. The average Bonchev–Trinajstić information content (AvgIpc) is 2.72. The Balaban J connectivity index is 0.000000461. The minimum atomic E-state index is 0.386. The van der Waals surface area contributed by atoms with Gasteiger partial charge in [0.1, 0.15) is 0 Å². The summed E-state index contributed by atoms with van der Waals surface area (Å²) in [5.41, 5.74) is 0. The standard InChI is InChI=1S/C10H18O2.C2H6/c1-6(2)8-5-12-9-7(3)4-11-10(8)9;1-2/h6-10H,4-5H2,1-3H3;1-2H3/t7-,8?,9+,10+;/m0./s1. The fraction of sp³-hybridized carbons (Fsp3) is 1.00. The molecule has 0 spiro atoms. The van der Waals surface area contributed by atoms with Gasteiger partial charge in [-0.25, -0.2) is 0 Å². The molecular formula is C12H24O2. The fourth-order valence-corrected chi connectivity index (χ4v) is 2.29. The van der Waals surface area contributed by atoms with Gasteiger partial charge in [0.25, 0.3) is 0 Å². The zero-order valence-corrected chi connectivity index (χ0v) is 10.1. The van der Waals surface area contributed by atoms with Gasteiger partial charge in [0.15, 0.2) is 0 Å². The number of hydrogen-bond donors (Lipinski definition) is 0. The molecule has 2 heteroatoms. The van der Waals surface area contributed by atoms with Crippen LogP contribution in [0, 0.1) is 17.8 Å². The van der Waals surface area contributed by atoms with Crippen molar-refractivity contribution in [3.05, 3.63) is 0 Å². The first-order valence-electron chi connectivity index (χ1n) is 5.93. The molecule has 0 aromatic carbocycles. The lowest BCUT2D eigenvalue weighted by Crippen LogP contribution is -2.27. The van der Waals surface area contributed by atoms with E-state index in [0.29, 0.717) is 30.0 Å². The van der Waals surface area contributed by atoms with E-state index in [2.05, 4.69) is 20.8 Å². The Morgan fingerprint density at radius 1 is 1.00 bits per heavy atom. The highest BCUT2D eigenvalue weighted by Gasteiger charge is 2.46. The van der Waals surface area contributed by atoms with E-state index in [1.807, 2.05) is 13.8 Å². The van der Waals surface area contributed by atoms with Crippen LogP contribution in [0.5, 0.6) is 0 Å². The second-order valence-corrected chi connectivity index (χ2v) is 4.48. The number of fused-ring (bicyclic) bond motifs is 1. The predicted octanol–water partition coefficient (Wildman–Crippen LogP) is 2.72. The van der Waals surface area contributed by atoms with E-state index in [-0.39, 0.29) is 0 Å². The van der Waals surface area contributed by atoms with Crippen molar-refractivity contribution in [1.82, 2.24) is 0 Å². The Bertz CT molecular complexity index is 168. The summed E-state index contributed by atoms with van der Waals surface area (Å²) in [5, 5.41) is 0. The maximum Gasteiger partial charge on any atom is 0.0892 e. The molecule has 0 aromatic heterocycles. The van der Waals surface area contributed by atoms with Crippen LogP contribution in [-0.4, -0.2) is 25.4 Å². The molecule has 2 aliphatic heterocycles. The Kier molecular flexibility index (Phi) is 4.39. The highest BCUT2D eigenvalue weighted by Crippen LogP contribution is 2.37. The Morgan fingerprint density at radius 2 is 1.57 bits per heavy atom. The maximum atomic E-state index is 5.74. The molecule has 2 nitrogen and oxygen atoms in total. The smallest absolute Gasteiger partial charge is 0.0892 e. The first kappa shape index (κ1) is 12.0. The van der Waals surface area contributed by atoms with Crippen LogP contribution in [0.1, 0.15) is 34.6 Å². The van der Waals surface area contributed by atoms with Crippen molar-refractivity contribution in [2.45, 2.75) is 46.8 Å². The van der Waals surface area contributed by atoms with Crippen LogP contribution in [-0.2, 0) is 9.47 Å². The van der Waals surface area contributed by atoms with E-state index in [9.17, 15) is 0 Å². The summed E-state index contributed by atoms with van der Waals surface area (Å²) in [6.45, 7) is 12.5. The molecule has 0 saturated carbocycles. The molecule has 2 saturated heterocycles. The maximum absolute atomic E-state index is 5.74. The fourth-order valence-electron chi connectivity index (χ4n) is 2.29. The molecule has 1 unspecified atom stereocenters. The highest BCUT2D eigenvalue weighted by atomic mass is 16.6. The van der Waals surface area contributed by atoms with E-state index >= 15 is 0 Å². The molecule has 14 heavy (non-hydrogen) atoms. The van der Waals surface area contributed by atoms with Crippen LogP contribution in [0.3, 0.4) is 0 Å². The van der Waals surface area contributed by atoms with Crippen LogP contribution in [0.2, 0.25) is 0 Å². The Labute approximate surface area is 88.0 Å². The first-order valence-corrected chi connectivity index (χ1v) is 5.93. The lowest BCUT2D eigenvalue weighted by atomic mass is 9.89. The van der Waals surface area contributed by atoms with Crippen molar-refractivity contribution in [2.75, 3.05) is 13.2 Å². The van der Waals surface area contributed by atoms with E-state index in [0.717, 1.165) is 13.2 Å². The van der Waals surface area contributed by atoms with E-state index in [1.165, 1.54) is 0 Å². The van der Waals surface area contributed by atoms with Gasteiger partial charge in [-0.05, 0) is 5.92 Å². The van der Waals surface area contributed by atoms with Gasteiger partial charge in [-0.15, -0.1) is 0 Å². The molecular weight excluding hydrogens is 176 g/mol. The topological polar surface area (TPSA) is 18.5 Å². The quantitative estimate of drug-likeness (QED) is 0.648. The van der Waals surface area contributed by atoms with Crippen molar-refractivity contribution in [1.29, 1.82) is 0 Å². The SMILES string of the molecule is CC.CC(C)C1CO[C@H]2[C@@H]1OC[C@@H]2C. The monoisotopic (exact) mass is 200 g/mol. The minimum Gasteiger partial charge on any atom is -0.375 e. The Morgan fingerprint density at radius 3 is 2.14 bits per heavy atom. The van der Waals surface area contributed by atoms with E-state index < -0.39 is 0 Å². The summed E-state index contributed by atoms with van der Waals surface area (Å²) in [4.78, 5) is 0. The third-order valence-corrected chi connectivity index (χ3v) is 3.20. The summed E-state index contributed by atoms with van der Waals surface area (Å²) >= 11 is 0. The molecule has 0 bridgehead atoms. The van der Waals surface area contributed by atoms with Gasteiger partial charge in [-0.3, -0.25) is 0 Å². The molecule has 84 valence electrons. The molecule has 0 aliphatic carbocycles. The number of hydrogen-bond acceptors (Lipinski definition) is 2. The Hall–Kier alpha value is -0.0800. The largest absolute Gasteiger partial charge is 0.375 e. The van der Waals surface area contributed by atoms with Crippen LogP contribution in [0.4, 0.5) is 0 Å². The van der Waals surface area contributed by atoms with Crippen molar-refractivity contribution in [3.63, 3.8) is 0 Å². The lowest BCUT2D eigenvalue weighted by molar-refractivity contribution is 0.0549. The van der Waals surface area contributed by atoms with Gasteiger partial charge in [-0.2, -0.15) is 0 Å². The lowest BCUT2D eigenvalue weighted by Gasteiger charge is -2.19. The molecule has 0 N–H and O–H groups in total. The molecule has 0 amide bonds. The van der Waals surface area contributed by atoms with Crippen LogP contribution < -0.4 is 0 Å². The second-order valence-electron chi connectivity index (χ2n) is 4.48. The first-order chi connectivity index (χ1) is 6.70. The minimum absolute atomic E-state index is 0.386. The highest BCUT2D eigenvalue weighted by molar-refractivity contribution is 4.93. The van der Waals surface area contributed by atoms with Gasteiger partial charge in [0.05, 0.1) is 25.4 Å². The number of ether oxygens (including phenoxy) is 2. The van der Waals surface area contributed by atoms with Gasteiger partial charge in [0.2, 0.25) is 0 Å². The molecule has 2 fully saturated rings. The molecule has 4 atom stereocenters. The molecule has 2 heterocycles. The van der Waals surface area contributed by atoms with Crippen LogP contribution in [0.25, 0.3) is 0 Å². The normalized spacial score (nSPS) is 40.7. The summed E-state index contributed by atoms with van der Waals surface area (Å²) in [7, 11) is 0. The predicted molar refractivity (Wildman–Crippen MR) is 58.3 cm³/mol. The van der Waals surface area contributed by atoms with Crippen molar-refractivity contribution >= 4 is 0 Å². The summed E-state index contributed by atoms with van der Waals surface area (Å²) in [6.07, 6.45) is 0.775. The van der Waals surface area contributed by atoms with Crippen molar-refractivity contribution in [2.24, 2.45) is 17.8 Å².